The van der Waals surface area contributed by atoms with Crippen LogP contribution in [0.1, 0.15) is 51.0 Å². The molecule has 0 spiro atoms. The fourth-order valence-electron chi connectivity index (χ4n) is 4.27. The van der Waals surface area contributed by atoms with Gasteiger partial charge >= 0.3 is 0 Å². The molecule has 1 aromatic carbocycles. The van der Waals surface area contributed by atoms with Gasteiger partial charge in [-0.1, -0.05) is 6.07 Å². The fraction of sp³-hybridized carbons (Fsp3) is 0.619. The molecule has 8 heteroatoms. The molecule has 2 aliphatic rings. The number of benzene rings is 1. The molecule has 0 radical (unpaired) electrons. The molecule has 1 saturated heterocycles. The van der Waals surface area contributed by atoms with Crippen molar-refractivity contribution in [2.45, 2.75) is 63.0 Å². The molecule has 29 heavy (non-hydrogen) atoms. The lowest BCUT2D eigenvalue weighted by Gasteiger charge is -2.39. The topological polar surface area (TPSA) is 94.8 Å². The van der Waals surface area contributed by atoms with Crippen LogP contribution < -0.4 is 15.0 Å². The number of likely N-dealkylation sites (tertiary alicyclic amines) is 1. The number of methoxy groups -OCH3 is 1. The second-order valence-electron chi connectivity index (χ2n) is 7.77. The summed E-state index contributed by atoms with van der Waals surface area (Å²) in [5.74, 6) is 0.965. The van der Waals surface area contributed by atoms with Crippen molar-refractivity contribution in [3.63, 3.8) is 0 Å². The standard InChI is InChI=1S/C21H29N3O4.ClH/c1-15(20(25)23-26)24-11-9-21(14-22,10-12-24)16-7-8-18(27-2)19(13-16)28-17-5-3-4-6-17;/h7-8,13,15,17,26H,3-6,9-12H2,1-2H3,(H,23,25);1H/t15-;/m0./s1. The van der Waals surface area contributed by atoms with Crippen molar-refractivity contribution in [2.24, 2.45) is 0 Å². The first-order valence-corrected chi connectivity index (χ1v) is 9.97. The monoisotopic (exact) mass is 423 g/mol. The predicted octanol–water partition coefficient (Wildman–Crippen LogP) is 3.19. The van der Waals surface area contributed by atoms with Gasteiger partial charge in [0.2, 0.25) is 0 Å². The number of carbonyl (C=O) groups excluding carboxylic acids is 1. The van der Waals surface area contributed by atoms with E-state index in [2.05, 4.69) is 6.07 Å². The molecule has 1 aromatic rings. The van der Waals surface area contributed by atoms with E-state index >= 15 is 0 Å². The van der Waals surface area contributed by atoms with Gasteiger partial charge in [0.1, 0.15) is 0 Å². The van der Waals surface area contributed by atoms with E-state index < -0.39 is 17.4 Å². The molecule has 2 N–H and O–H groups in total. The zero-order valence-corrected chi connectivity index (χ0v) is 17.8. The number of amides is 1. The van der Waals surface area contributed by atoms with Crippen LogP contribution in [0, 0.1) is 11.3 Å². The number of ether oxygens (including phenoxy) is 2. The first-order chi connectivity index (χ1) is 13.5. The predicted molar refractivity (Wildman–Crippen MR) is 111 cm³/mol. The molecule has 1 aliphatic heterocycles. The smallest absolute Gasteiger partial charge is 0.260 e. The van der Waals surface area contributed by atoms with E-state index in [-0.39, 0.29) is 18.5 Å². The van der Waals surface area contributed by atoms with Crippen LogP contribution in [0.2, 0.25) is 0 Å². The van der Waals surface area contributed by atoms with Crippen molar-refractivity contribution in [1.29, 1.82) is 5.26 Å². The highest BCUT2D eigenvalue weighted by Crippen LogP contribution is 2.40. The van der Waals surface area contributed by atoms with Crippen molar-refractivity contribution < 1.29 is 19.5 Å². The molecule has 1 amide bonds. The summed E-state index contributed by atoms with van der Waals surface area (Å²) in [5, 5.41) is 18.9. The SMILES string of the molecule is COc1ccc(C2(C#N)CCN([C@@H](C)C(=O)NO)CC2)cc1OC1CCCC1.Cl. The Bertz CT molecular complexity index is 738. The lowest BCUT2D eigenvalue weighted by atomic mass is 9.73. The second kappa shape index (κ2) is 10.1. The lowest BCUT2D eigenvalue weighted by molar-refractivity contribution is -0.134. The molecule has 2 fully saturated rings. The third kappa shape index (κ3) is 4.95. The van der Waals surface area contributed by atoms with Gasteiger partial charge in [-0.15, -0.1) is 12.4 Å². The first-order valence-electron chi connectivity index (χ1n) is 9.97. The number of nitrogens with zero attached hydrogens (tertiary/aromatic N) is 2. The molecule has 1 aliphatic carbocycles. The molecule has 7 nitrogen and oxygen atoms in total. The van der Waals surface area contributed by atoms with Gasteiger partial charge in [-0.3, -0.25) is 14.9 Å². The summed E-state index contributed by atoms with van der Waals surface area (Å²) in [5.41, 5.74) is 2.02. The van der Waals surface area contributed by atoms with E-state index in [1.807, 2.05) is 23.1 Å². The molecular weight excluding hydrogens is 394 g/mol. The molecule has 1 saturated carbocycles. The normalized spacial score (nSPS) is 20.2. The Hall–Kier alpha value is -2.01. The second-order valence-corrected chi connectivity index (χ2v) is 7.77. The Morgan fingerprint density at radius 3 is 2.52 bits per heavy atom. The quantitative estimate of drug-likeness (QED) is 0.539. The number of rotatable bonds is 6. The molecule has 0 aromatic heterocycles. The zero-order valence-electron chi connectivity index (χ0n) is 17.0. The number of piperidine rings is 1. The van der Waals surface area contributed by atoms with Crippen LogP contribution in [0.15, 0.2) is 18.2 Å². The minimum atomic E-state index is -0.619. The number of carbonyl (C=O) groups is 1. The van der Waals surface area contributed by atoms with Crippen molar-refractivity contribution in [2.75, 3.05) is 20.2 Å². The third-order valence-electron chi connectivity index (χ3n) is 6.22. The third-order valence-corrected chi connectivity index (χ3v) is 6.22. The Labute approximate surface area is 178 Å². The Kier molecular flexibility index (Phi) is 8.14. The highest BCUT2D eigenvalue weighted by molar-refractivity contribution is 5.85. The molecule has 0 bridgehead atoms. The van der Waals surface area contributed by atoms with Gasteiger partial charge in [0, 0.05) is 13.1 Å². The Balaban J connectivity index is 0.00000300. The highest BCUT2D eigenvalue weighted by atomic mass is 35.5. The fourth-order valence-corrected chi connectivity index (χ4v) is 4.27. The summed E-state index contributed by atoms with van der Waals surface area (Å²) in [4.78, 5) is 13.7. The van der Waals surface area contributed by atoms with Crippen LogP contribution >= 0.6 is 12.4 Å². The molecular formula is C21H30ClN3O4. The summed E-state index contributed by atoms with van der Waals surface area (Å²) in [6.45, 7) is 2.96. The molecule has 1 heterocycles. The van der Waals surface area contributed by atoms with E-state index in [0.29, 0.717) is 37.4 Å². The van der Waals surface area contributed by atoms with E-state index in [4.69, 9.17) is 14.7 Å². The van der Waals surface area contributed by atoms with Crippen LogP contribution in [0.5, 0.6) is 11.5 Å². The minimum absolute atomic E-state index is 0. The summed E-state index contributed by atoms with van der Waals surface area (Å²) < 4.78 is 11.7. The number of hydrogen-bond donors (Lipinski definition) is 2. The molecule has 0 unspecified atom stereocenters. The average molecular weight is 424 g/mol. The van der Waals surface area contributed by atoms with Crippen LogP contribution in [0.3, 0.4) is 0 Å². The molecule has 3 rings (SSSR count). The van der Waals surface area contributed by atoms with Crippen molar-refractivity contribution in [3.8, 4) is 17.6 Å². The maximum atomic E-state index is 11.7. The molecule has 1 atom stereocenters. The van der Waals surface area contributed by atoms with E-state index in [1.165, 1.54) is 12.8 Å². The largest absolute Gasteiger partial charge is 0.493 e. The van der Waals surface area contributed by atoms with Gasteiger partial charge in [-0.2, -0.15) is 5.26 Å². The minimum Gasteiger partial charge on any atom is -0.493 e. The number of nitrogens with one attached hydrogen (secondary N) is 1. The number of hydrogen-bond acceptors (Lipinski definition) is 6. The highest BCUT2D eigenvalue weighted by Gasteiger charge is 2.39. The van der Waals surface area contributed by atoms with Gasteiger partial charge in [0.05, 0.1) is 30.7 Å². The van der Waals surface area contributed by atoms with Gasteiger partial charge in [0.25, 0.3) is 5.91 Å². The van der Waals surface area contributed by atoms with Crippen molar-refractivity contribution >= 4 is 18.3 Å². The van der Waals surface area contributed by atoms with Crippen LogP contribution in [-0.4, -0.2) is 48.4 Å². The van der Waals surface area contributed by atoms with E-state index in [0.717, 1.165) is 18.4 Å². The van der Waals surface area contributed by atoms with Gasteiger partial charge < -0.3 is 9.47 Å². The van der Waals surface area contributed by atoms with E-state index in [1.54, 1.807) is 19.5 Å². The summed E-state index contributed by atoms with van der Waals surface area (Å²) in [7, 11) is 1.63. The van der Waals surface area contributed by atoms with Gasteiger partial charge in [-0.05, 0) is 63.1 Å². The Morgan fingerprint density at radius 2 is 1.97 bits per heavy atom. The van der Waals surface area contributed by atoms with Crippen LogP contribution in [-0.2, 0) is 10.2 Å². The molecule has 160 valence electrons. The summed E-state index contributed by atoms with van der Waals surface area (Å²) in [6, 6.07) is 7.88. The zero-order chi connectivity index (χ0) is 20.1. The van der Waals surface area contributed by atoms with Crippen molar-refractivity contribution in [1.82, 2.24) is 10.4 Å². The average Bonchev–Trinajstić information content (AvgIpc) is 3.25. The summed E-state index contributed by atoms with van der Waals surface area (Å²) in [6.07, 6.45) is 5.91. The maximum absolute atomic E-state index is 11.7. The van der Waals surface area contributed by atoms with Crippen LogP contribution in [0.4, 0.5) is 0 Å². The lowest BCUT2D eigenvalue weighted by Crippen LogP contribution is -2.50. The Morgan fingerprint density at radius 1 is 1.31 bits per heavy atom. The van der Waals surface area contributed by atoms with Crippen LogP contribution in [0.25, 0.3) is 0 Å². The first kappa shape index (κ1) is 23.3. The van der Waals surface area contributed by atoms with Gasteiger partial charge in [-0.25, -0.2) is 5.48 Å². The van der Waals surface area contributed by atoms with Crippen molar-refractivity contribution in [3.05, 3.63) is 23.8 Å². The number of nitriles is 1. The number of halogens is 1. The summed E-state index contributed by atoms with van der Waals surface area (Å²) >= 11 is 0. The number of hydroxylamine groups is 1. The van der Waals surface area contributed by atoms with Gasteiger partial charge in [0.15, 0.2) is 11.5 Å². The maximum Gasteiger partial charge on any atom is 0.260 e. The van der Waals surface area contributed by atoms with E-state index in [9.17, 15) is 10.1 Å².